The van der Waals surface area contributed by atoms with Gasteiger partial charge in [0.15, 0.2) is 0 Å². The molecule has 0 aromatic carbocycles. The predicted molar refractivity (Wildman–Crippen MR) is 43.0 cm³/mol. The number of aliphatic hydroxyl groups is 1. The standard InChI is InChI=1S/C9H14O2/c1-4-8(2,10)5-6-9(3)7-11-9/h10H,4,7H2,1-3H3. The van der Waals surface area contributed by atoms with Crippen LogP contribution < -0.4 is 0 Å². The summed E-state index contributed by atoms with van der Waals surface area (Å²) in [4.78, 5) is 0. The Morgan fingerprint density at radius 3 is 2.64 bits per heavy atom. The smallest absolute Gasteiger partial charge is 0.149 e. The van der Waals surface area contributed by atoms with E-state index in [0.717, 1.165) is 0 Å². The number of rotatable bonds is 1. The van der Waals surface area contributed by atoms with Gasteiger partial charge in [-0.05, 0) is 20.3 Å². The summed E-state index contributed by atoms with van der Waals surface area (Å²) < 4.78 is 5.05. The van der Waals surface area contributed by atoms with Crippen molar-refractivity contribution in [3.8, 4) is 11.8 Å². The Kier molecular flexibility index (Phi) is 1.96. The molecule has 1 aliphatic heterocycles. The van der Waals surface area contributed by atoms with E-state index in [1.165, 1.54) is 0 Å². The van der Waals surface area contributed by atoms with Crippen molar-refractivity contribution in [3.63, 3.8) is 0 Å². The van der Waals surface area contributed by atoms with Crippen LogP contribution in [0.1, 0.15) is 27.2 Å². The van der Waals surface area contributed by atoms with Gasteiger partial charge in [-0.3, -0.25) is 0 Å². The molecule has 2 nitrogen and oxygen atoms in total. The van der Waals surface area contributed by atoms with Gasteiger partial charge in [0, 0.05) is 0 Å². The van der Waals surface area contributed by atoms with Crippen LogP contribution in [0.25, 0.3) is 0 Å². The molecule has 1 heterocycles. The molecule has 2 atom stereocenters. The van der Waals surface area contributed by atoms with Crippen LogP contribution in [-0.4, -0.2) is 22.9 Å². The second kappa shape index (κ2) is 2.51. The first kappa shape index (κ1) is 8.58. The molecular formula is C9H14O2. The quantitative estimate of drug-likeness (QED) is 0.450. The molecule has 0 aliphatic carbocycles. The molecular weight excluding hydrogens is 140 g/mol. The van der Waals surface area contributed by atoms with E-state index in [-0.39, 0.29) is 5.60 Å². The van der Waals surface area contributed by atoms with Gasteiger partial charge in [0.2, 0.25) is 0 Å². The van der Waals surface area contributed by atoms with Gasteiger partial charge in [0.25, 0.3) is 0 Å². The summed E-state index contributed by atoms with van der Waals surface area (Å²) in [6, 6.07) is 0. The minimum absolute atomic E-state index is 0.265. The molecule has 0 amide bonds. The van der Waals surface area contributed by atoms with E-state index in [1.807, 2.05) is 13.8 Å². The second-order valence-electron chi connectivity index (χ2n) is 3.40. The Bertz CT molecular complexity index is 203. The third kappa shape index (κ3) is 2.53. The van der Waals surface area contributed by atoms with E-state index < -0.39 is 5.60 Å². The number of hydrogen-bond acceptors (Lipinski definition) is 2. The van der Waals surface area contributed by atoms with E-state index in [4.69, 9.17) is 4.74 Å². The average molecular weight is 154 g/mol. The van der Waals surface area contributed by atoms with Gasteiger partial charge >= 0.3 is 0 Å². The normalized spacial score (nSPS) is 33.5. The van der Waals surface area contributed by atoms with E-state index in [0.29, 0.717) is 13.0 Å². The van der Waals surface area contributed by atoms with Crippen LogP contribution in [0, 0.1) is 11.8 Å². The molecule has 0 aromatic heterocycles. The summed E-state index contributed by atoms with van der Waals surface area (Å²) in [5.41, 5.74) is -1.12. The van der Waals surface area contributed by atoms with Gasteiger partial charge in [0.1, 0.15) is 11.2 Å². The van der Waals surface area contributed by atoms with Gasteiger partial charge in [0.05, 0.1) is 6.61 Å². The topological polar surface area (TPSA) is 32.8 Å². The van der Waals surface area contributed by atoms with Crippen molar-refractivity contribution in [1.82, 2.24) is 0 Å². The van der Waals surface area contributed by atoms with Crippen molar-refractivity contribution in [2.24, 2.45) is 0 Å². The molecule has 0 radical (unpaired) electrons. The third-order valence-corrected chi connectivity index (χ3v) is 1.86. The Morgan fingerprint density at radius 1 is 1.73 bits per heavy atom. The molecule has 1 aliphatic rings. The summed E-state index contributed by atoms with van der Waals surface area (Å²) in [7, 11) is 0. The third-order valence-electron chi connectivity index (χ3n) is 1.86. The summed E-state index contributed by atoms with van der Waals surface area (Å²) in [6.07, 6.45) is 0.649. The van der Waals surface area contributed by atoms with E-state index in [1.54, 1.807) is 6.92 Å². The van der Waals surface area contributed by atoms with Gasteiger partial charge < -0.3 is 9.84 Å². The van der Waals surface area contributed by atoms with Gasteiger partial charge in [-0.15, -0.1) is 0 Å². The molecule has 1 rings (SSSR count). The molecule has 2 heteroatoms. The van der Waals surface area contributed by atoms with Gasteiger partial charge in [-0.1, -0.05) is 18.8 Å². The molecule has 0 bridgehead atoms. The molecule has 2 unspecified atom stereocenters. The summed E-state index contributed by atoms with van der Waals surface area (Å²) in [6.45, 7) is 6.24. The van der Waals surface area contributed by atoms with Crippen LogP contribution in [0.15, 0.2) is 0 Å². The summed E-state index contributed by atoms with van der Waals surface area (Å²) in [5.74, 6) is 5.69. The Labute approximate surface area is 67.6 Å². The fourth-order valence-corrected chi connectivity index (χ4v) is 0.536. The van der Waals surface area contributed by atoms with Crippen molar-refractivity contribution in [1.29, 1.82) is 0 Å². The molecule has 0 aromatic rings. The molecule has 1 fully saturated rings. The minimum atomic E-state index is -0.852. The minimum Gasteiger partial charge on any atom is -0.378 e. The van der Waals surface area contributed by atoms with Crippen molar-refractivity contribution in [2.45, 2.75) is 38.4 Å². The van der Waals surface area contributed by atoms with Crippen LogP contribution in [0.5, 0.6) is 0 Å². The first-order chi connectivity index (χ1) is 4.97. The zero-order chi connectivity index (χ0) is 8.54. The Morgan fingerprint density at radius 2 is 2.27 bits per heavy atom. The molecule has 0 saturated carbocycles. The highest BCUT2D eigenvalue weighted by atomic mass is 16.6. The molecule has 62 valence electrons. The highest BCUT2D eigenvalue weighted by Crippen LogP contribution is 2.24. The summed E-state index contributed by atoms with van der Waals surface area (Å²) >= 11 is 0. The van der Waals surface area contributed by atoms with Gasteiger partial charge in [-0.2, -0.15) is 0 Å². The first-order valence-corrected chi connectivity index (χ1v) is 3.88. The lowest BCUT2D eigenvalue weighted by Gasteiger charge is -2.12. The maximum atomic E-state index is 9.49. The lowest BCUT2D eigenvalue weighted by atomic mass is 10.0. The van der Waals surface area contributed by atoms with E-state index >= 15 is 0 Å². The molecule has 1 saturated heterocycles. The predicted octanol–water partition coefficient (Wildman–Crippen LogP) is 0.940. The highest BCUT2D eigenvalue weighted by Gasteiger charge is 2.37. The second-order valence-corrected chi connectivity index (χ2v) is 3.40. The number of ether oxygens (including phenoxy) is 1. The van der Waals surface area contributed by atoms with E-state index in [9.17, 15) is 5.11 Å². The molecule has 11 heavy (non-hydrogen) atoms. The SMILES string of the molecule is CCC(C)(O)C#CC1(C)CO1. The van der Waals surface area contributed by atoms with Crippen LogP contribution in [0.3, 0.4) is 0 Å². The van der Waals surface area contributed by atoms with E-state index in [2.05, 4.69) is 11.8 Å². The Hall–Kier alpha value is -0.520. The monoisotopic (exact) mass is 154 g/mol. The number of hydrogen-bond donors (Lipinski definition) is 1. The first-order valence-electron chi connectivity index (χ1n) is 3.88. The zero-order valence-electron chi connectivity index (χ0n) is 7.27. The van der Waals surface area contributed by atoms with Crippen molar-refractivity contribution >= 4 is 0 Å². The summed E-state index contributed by atoms with van der Waals surface area (Å²) in [5, 5.41) is 9.49. The van der Waals surface area contributed by atoms with Crippen LogP contribution in [-0.2, 0) is 4.74 Å². The van der Waals surface area contributed by atoms with Crippen LogP contribution in [0.4, 0.5) is 0 Å². The zero-order valence-corrected chi connectivity index (χ0v) is 7.27. The van der Waals surface area contributed by atoms with Gasteiger partial charge in [-0.25, -0.2) is 0 Å². The lowest BCUT2D eigenvalue weighted by Crippen LogP contribution is -2.20. The maximum absolute atomic E-state index is 9.49. The molecule has 0 spiro atoms. The average Bonchev–Trinajstić information content (AvgIpc) is 2.66. The highest BCUT2D eigenvalue weighted by molar-refractivity contribution is 5.23. The fraction of sp³-hybridized carbons (Fsp3) is 0.778. The van der Waals surface area contributed by atoms with Crippen molar-refractivity contribution < 1.29 is 9.84 Å². The van der Waals surface area contributed by atoms with Crippen LogP contribution >= 0.6 is 0 Å². The largest absolute Gasteiger partial charge is 0.378 e. The van der Waals surface area contributed by atoms with Crippen molar-refractivity contribution in [2.75, 3.05) is 6.61 Å². The van der Waals surface area contributed by atoms with Crippen molar-refractivity contribution in [3.05, 3.63) is 0 Å². The Balaban J connectivity index is 2.55. The fourth-order valence-electron chi connectivity index (χ4n) is 0.536. The van der Waals surface area contributed by atoms with Crippen LogP contribution in [0.2, 0.25) is 0 Å². The molecule has 1 N–H and O–H groups in total. The maximum Gasteiger partial charge on any atom is 0.149 e. The number of epoxide rings is 1. The lowest BCUT2D eigenvalue weighted by molar-refractivity contribution is 0.118.